The first-order valence-electron chi connectivity index (χ1n) is 5.77. The normalized spacial score (nSPS) is 16.3. The van der Waals surface area contributed by atoms with E-state index in [1.165, 1.54) is 18.4 Å². The molecule has 0 aromatic heterocycles. The zero-order chi connectivity index (χ0) is 10.8. The van der Waals surface area contributed by atoms with Crippen LogP contribution in [0, 0.1) is 0 Å². The number of nitrogens with zero attached hydrogens (tertiary/aromatic N) is 1. The van der Waals surface area contributed by atoms with Gasteiger partial charge in [0.25, 0.3) is 0 Å². The van der Waals surface area contributed by atoms with Gasteiger partial charge in [0.1, 0.15) is 0 Å². The second-order valence-corrected chi connectivity index (χ2v) is 4.70. The molecule has 1 aliphatic rings. The van der Waals surface area contributed by atoms with E-state index >= 15 is 0 Å². The van der Waals surface area contributed by atoms with Gasteiger partial charge in [0.05, 0.1) is 0 Å². The van der Waals surface area contributed by atoms with E-state index in [4.69, 9.17) is 5.73 Å². The molecule has 15 heavy (non-hydrogen) atoms. The molecule has 2 heteroatoms. The smallest absolute Gasteiger partial charge is 0.0359 e. The summed E-state index contributed by atoms with van der Waals surface area (Å²) in [6.45, 7) is 5.52. The molecule has 2 rings (SSSR count). The van der Waals surface area contributed by atoms with Gasteiger partial charge in [0.15, 0.2) is 0 Å². The van der Waals surface area contributed by atoms with Gasteiger partial charge in [-0.05, 0) is 38.3 Å². The summed E-state index contributed by atoms with van der Waals surface area (Å²) in [6, 6.07) is 9.59. The van der Waals surface area contributed by atoms with Gasteiger partial charge < -0.3 is 5.73 Å². The van der Waals surface area contributed by atoms with E-state index in [1.54, 1.807) is 0 Å². The fraction of sp³-hybridized carbons (Fsp3) is 0.538. The summed E-state index contributed by atoms with van der Waals surface area (Å²) in [6.07, 6.45) is 2.70. The Kier molecular flexibility index (Phi) is 2.96. The molecule has 0 amide bonds. The fourth-order valence-corrected chi connectivity index (χ4v) is 2.01. The van der Waals surface area contributed by atoms with Gasteiger partial charge >= 0.3 is 0 Å². The van der Waals surface area contributed by atoms with Crippen LogP contribution in [-0.2, 0) is 6.54 Å². The number of hydrogen-bond acceptors (Lipinski definition) is 2. The van der Waals surface area contributed by atoms with Gasteiger partial charge in [-0.3, -0.25) is 4.90 Å². The molecule has 0 heterocycles. The van der Waals surface area contributed by atoms with Crippen LogP contribution in [0.1, 0.15) is 32.3 Å². The molecule has 0 unspecified atom stereocenters. The van der Waals surface area contributed by atoms with Gasteiger partial charge in [-0.2, -0.15) is 0 Å². The third-order valence-electron chi connectivity index (χ3n) is 3.09. The maximum Gasteiger partial charge on any atom is 0.0359 e. The maximum absolute atomic E-state index is 5.96. The highest BCUT2D eigenvalue weighted by molar-refractivity contribution is 5.46. The molecule has 1 aliphatic carbocycles. The second kappa shape index (κ2) is 4.23. The number of nitrogen functional groups attached to an aromatic ring is 1. The Morgan fingerprint density at radius 1 is 1.33 bits per heavy atom. The van der Waals surface area contributed by atoms with Crippen molar-refractivity contribution in [2.24, 2.45) is 0 Å². The van der Waals surface area contributed by atoms with Crippen molar-refractivity contribution in [2.45, 2.75) is 45.3 Å². The van der Waals surface area contributed by atoms with Crippen molar-refractivity contribution in [3.8, 4) is 0 Å². The monoisotopic (exact) mass is 204 g/mol. The second-order valence-electron chi connectivity index (χ2n) is 4.70. The van der Waals surface area contributed by atoms with E-state index in [0.29, 0.717) is 6.04 Å². The molecule has 0 radical (unpaired) electrons. The molecule has 0 saturated heterocycles. The van der Waals surface area contributed by atoms with E-state index in [2.05, 4.69) is 30.9 Å². The predicted molar refractivity (Wildman–Crippen MR) is 64.6 cm³/mol. The lowest BCUT2D eigenvalue weighted by molar-refractivity contribution is 0.202. The first-order valence-corrected chi connectivity index (χ1v) is 5.77. The minimum atomic E-state index is 0.608. The van der Waals surface area contributed by atoms with Crippen molar-refractivity contribution in [3.05, 3.63) is 29.8 Å². The van der Waals surface area contributed by atoms with Crippen LogP contribution in [0.15, 0.2) is 24.3 Å². The van der Waals surface area contributed by atoms with Crippen LogP contribution in [0.5, 0.6) is 0 Å². The Morgan fingerprint density at radius 2 is 2.00 bits per heavy atom. The Morgan fingerprint density at radius 3 is 2.53 bits per heavy atom. The lowest BCUT2D eigenvalue weighted by atomic mass is 10.1. The number of nitrogens with two attached hydrogens (primary N) is 1. The molecule has 1 aromatic carbocycles. The van der Waals surface area contributed by atoms with Crippen molar-refractivity contribution >= 4 is 5.69 Å². The van der Waals surface area contributed by atoms with Crippen molar-refractivity contribution in [2.75, 3.05) is 5.73 Å². The molecular formula is C13H20N2. The van der Waals surface area contributed by atoms with E-state index < -0.39 is 0 Å². The SMILES string of the molecule is CC(C)N(Cc1ccccc1N)C1CC1. The molecule has 0 spiro atoms. The van der Waals surface area contributed by atoms with Crippen molar-refractivity contribution < 1.29 is 0 Å². The minimum absolute atomic E-state index is 0.608. The summed E-state index contributed by atoms with van der Waals surface area (Å²) < 4.78 is 0. The molecule has 1 aromatic rings. The van der Waals surface area contributed by atoms with Crippen LogP contribution in [0.2, 0.25) is 0 Å². The molecule has 0 bridgehead atoms. The van der Waals surface area contributed by atoms with Gasteiger partial charge in [-0.15, -0.1) is 0 Å². The summed E-state index contributed by atoms with van der Waals surface area (Å²) in [5.41, 5.74) is 8.15. The molecule has 1 fully saturated rings. The summed E-state index contributed by atoms with van der Waals surface area (Å²) in [5, 5.41) is 0. The highest BCUT2D eigenvalue weighted by Gasteiger charge is 2.30. The summed E-state index contributed by atoms with van der Waals surface area (Å²) in [4.78, 5) is 2.55. The largest absolute Gasteiger partial charge is 0.398 e. The number of para-hydroxylation sites is 1. The predicted octanol–water partition coefficient (Wildman–Crippen LogP) is 2.64. The standard InChI is InChI=1S/C13H20N2/c1-10(2)15(12-7-8-12)9-11-5-3-4-6-13(11)14/h3-6,10,12H,7-9,14H2,1-2H3. The fourth-order valence-electron chi connectivity index (χ4n) is 2.01. The zero-order valence-electron chi connectivity index (χ0n) is 9.61. The first-order chi connectivity index (χ1) is 7.18. The van der Waals surface area contributed by atoms with Gasteiger partial charge in [0, 0.05) is 24.3 Å². The number of hydrogen-bond donors (Lipinski definition) is 1. The molecule has 1 saturated carbocycles. The van der Waals surface area contributed by atoms with Gasteiger partial charge in [-0.1, -0.05) is 18.2 Å². The summed E-state index contributed by atoms with van der Waals surface area (Å²) in [7, 11) is 0. The highest BCUT2D eigenvalue weighted by atomic mass is 15.2. The molecule has 82 valence electrons. The molecule has 0 aliphatic heterocycles. The molecule has 2 nitrogen and oxygen atoms in total. The number of benzene rings is 1. The molecule has 0 atom stereocenters. The zero-order valence-corrected chi connectivity index (χ0v) is 9.61. The quantitative estimate of drug-likeness (QED) is 0.764. The third-order valence-corrected chi connectivity index (χ3v) is 3.09. The molecule has 2 N–H and O–H groups in total. The Hall–Kier alpha value is -1.02. The summed E-state index contributed by atoms with van der Waals surface area (Å²) in [5.74, 6) is 0. The summed E-state index contributed by atoms with van der Waals surface area (Å²) >= 11 is 0. The lowest BCUT2D eigenvalue weighted by Gasteiger charge is -2.26. The van der Waals surface area contributed by atoms with Crippen molar-refractivity contribution in [1.29, 1.82) is 0 Å². The van der Waals surface area contributed by atoms with Crippen LogP contribution in [0.4, 0.5) is 5.69 Å². The Balaban J connectivity index is 2.08. The Bertz CT molecular complexity index is 327. The van der Waals surface area contributed by atoms with Gasteiger partial charge in [-0.25, -0.2) is 0 Å². The van der Waals surface area contributed by atoms with E-state index in [9.17, 15) is 0 Å². The van der Waals surface area contributed by atoms with Crippen LogP contribution < -0.4 is 5.73 Å². The minimum Gasteiger partial charge on any atom is -0.398 e. The average Bonchev–Trinajstić information content (AvgIpc) is 2.99. The lowest BCUT2D eigenvalue weighted by Crippen LogP contribution is -2.32. The van der Waals surface area contributed by atoms with Crippen LogP contribution in [0.3, 0.4) is 0 Å². The van der Waals surface area contributed by atoms with Crippen molar-refractivity contribution in [1.82, 2.24) is 4.90 Å². The van der Waals surface area contributed by atoms with Crippen LogP contribution >= 0.6 is 0 Å². The number of anilines is 1. The topological polar surface area (TPSA) is 29.3 Å². The van der Waals surface area contributed by atoms with Crippen molar-refractivity contribution in [3.63, 3.8) is 0 Å². The Labute approximate surface area is 92.1 Å². The molecular weight excluding hydrogens is 184 g/mol. The highest BCUT2D eigenvalue weighted by Crippen LogP contribution is 2.30. The first kappa shape index (κ1) is 10.5. The van der Waals surface area contributed by atoms with Crippen LogP contribution in [0.25, 0.3) is 0 Å². The van der Waals surface area contributed by atoms with Crippen LogP contribution in [-0.4, -0.2) is 17.0 Å². The van der Waals surface area contributed by atoms with E-state index in [-0.39, 0.29) is 0 Å². The van der Waals surface area contributed by atoms with E-state index in [1.807, 2.05) is 12.1 Å². The maximum atomic E-state index is 5.96. The third kappa shape index (κ3) is 2.51. The van der Waals surface area contributed by atoms with Gasteiger partial charge in [0.2, 0.25) is 0 Å². The number of rotatable bonds is 4. The average molecular weight is 204 g/mol. The van der Waals surface area contributed by atoms with E-state index in [0.717, 1.165) is 18.3 Å².